The number of carboxylic acid groups (broad SMARTS) is 1. The van der Waals surface area contributed by atoms with E-state index in [0.717, 1.165) is 45.8 Å². The van der Waals surface area contributed by atoms with Crippen LogP contribution in [0.4, 0.5) is 11.4 Å². The lowest BCUT2D eigenvalue weighted by Crippen LogP contribution is -2.28. The van der Waals surface area contributed by atoms with Crippen molar-refractivity contribution >= 4 is 64.5 Å². The SMILES string of the molecule is CC1(C)C(=CC=C2CCCC(C=CC3=[N+](CCCCS(=O)(=O)O)c4ccc(S(=O)(=O)O)cc4C3(C)C)=C2Oc2ccc(CCC(=O)O)cc2)N(CCCCS(=O)(=O)O)c2ccc(S(=O)O)cc21. The predicted molar refractivity (Wildman–Crippen MR) is 255 cm³/mol. The number of carbonyl (C=O) groups is 1. The fourth-order valence-corrected chi connectivity index (χ4v) is 11.0. The van der Waals surface area contributed by atoms with E-state index in [2.05, 4.69) is 4.90 Å². The summed E-state index contributed by atoms with van der Waals surface area (Å²) in [5.74, 6) is -0.679. The summed E-state index contributed by atoms with van der Waals surface area (Å²) in [5.41, 5.74) is 5.47. The number of aliphatic carboxylic acids is 1. The maximum absolute atomic E-state index is 12.3. The summed E-state index contributed by atoms with van der Waals surface area (Å²) in [5, 5.41) is 9.23. The largest absolute Gasteiger partial charge is 0.481 e. The van der Waals surface area contributed by atoms with Crippen LogP contribution in [-0.2, 0) is 63.5 Å². The number of hydrogen-bond acceptors (Lipinski definition) is 10. The summed E-state index contributed by atoms with van der Waals surface area (Å²) in [6.07, 6.45) is 11.2. The number of allylic oxidation sites excluding steroid dienone is 7. The molecule has 0 amide bonds. The summed E-state index contributed by atoms with van der Waals surface area (Å²) >= 11 is -2.24. The van der Waals surface area contributed by atoms with E-state index in [1.54, 1.807) is 36.4 Å². The average molecular weight is 1000 g/mol. The lowest BCUT2D eigenvalue weighted by Gasteiger charge is -2.27. The monoisotopic (exact) mass is 1000 g/mol. The van der Waals surface area contributed by atoms with Gasteiger partial charge < -0.3 is 19.3 Å². The highest BCUT2D eigenvalue weighted by Gasteiger charge is 2.45. The van der Waals surface area contributed by atoms with Gasteiger partial charge in [-0.05, 0) is 136 Å². The molecule has 3 aromatic carbocycles. The second-order valence-corrected chi connectivity index (χ2v) is 23.5. The zero-order chi connectivity index (χ0) is 49.1. The molecule has 20 heteroatoms. The van der Waals surface area contributed by atoms with Crippen LogP contribution in [0.15, 0.2) is 117 Å². The van der Waals surface area contributed by atoms with Gasteiger partial charge in [-0.15, -0.1) is 0 Å². The molecule has 0 radical (unpaired) electrons. The summed E-state index contributed by atoms with van der Waals surface area (Å²) in [6.45, 7) is 8.55. The van der Waals surface area contributed by atoms with Gasteiger partial charge in [0.25, 0.3) is 30.4 Å². The van der Waals surface area contributed by atoms with Gasteiger partial charge in [0.2, 0.25) is 5.69 Å². The number of carboxylic acids is 1. The lowest BCUT2D eigenvalue weighted by atomic mass is 9.81. The zero-order valence-electron chi connectivity index (χ0n) is 37.7. The van der Waals surface area contributed by atoms with E-state index in [0.29, 0.717) is 68.0 Å². The molecule has 0 aromatic heterocycles. The van der Waals surface area contributed by atoms with E-state index in [1.165, 1.54) is 12.1 Å². The Labute approximate surface area is 395 Å². The fourth-order valence-electron chi connectivity index (χ4n) is 8.97. The Morgan fingerprint density at radius 2 is 1.48 bits per heavy atom. The summed E-state index contributed by atoms with van der Waals surface area (Å²) in [6, 6.07) is 16.6. The molecule has 1 atom stereocenters. The highest BCUT2D eigenvalue weighted by Crippen LogP contribution is 2.49. The molecule has 3 aliphatic rings. The minimum absolute atomic E-state index is 0.0352. The summed E-state index contributed by atoms with van der Waals surface area (Å²) < 4.78 is 130. The Morgan fingerprint density at radius 1 is 0.806 bits per heavy atom. The Balaban J connectivity index is 1.46. The van der Waals surface area contributed by atoms with Crippen molar-refractivity contribution in [2.24, 2.45) is 0 Å². The first-order valence-electron chi connectivity index (χ1n) is 21.8. The summed E-state index contributed by atoms with van der Waals surface area (Å²) in [7, 11) is -12.9. The van der Waals surface area contributed by atoms with E-state index in [-0.39, 0.29) is 29.1 Å². The number of hydrogen-bond donors (Lipinski definition) is 5. The molecular formula is C47H57N2O14S4+. The molecule has 0 fully saturated rings. The Hall–Kier alpha value is -4.80. The molecular weight excluding hydrogens is 945 g/mol. The number of anilines is 1. The number of ether oxygens (including phenoxy) is 1. The first-order chi connectivity index (χ1) is 31.3. The third-order valence-electron chi connectivity index (χ3n) is 12.4. The molecule has 2 aliphatic heterocycles. The van der Waals surface area contributed by atoms with Gasteiger partial charge in [0.05, 0.1) is 26.7 Å². The van der Waals surface area contributed by atoms with Gasteiger partial charge in [-0.1, -0.05) is 32.1 Å². The maximum Gasteiger partial charge on any atom is 0.303 e. The molecule has 0 saturated carbocycles. The van der Waals surface area contributed by atoms with Crippen LogP contribution in [0.3, 0.4) is 0 Å². The van der Waals surface area contributed by atoms with Crippen LogP contribution in [-0.4, -0.2) is 93.6 Å². The second kappa shape index (κ2) is 20.4. The number of fused-ring (bicyclic) bond motifs is 2. The van der Waals surface area contributed by atoms with Gasteiger partial charge in [0, 0.05) is 53.9 Å². The summed E-state index contributed by atoms with van der Waals surface area (Å²) in [4.78, 5) is 13.3. The average Bonchev–Trinajstić information content (AvgIpc) is 3.58. The Bertz CT molecular complexity index is 2950. The van der Waals surface area contributed by atoms with E-state index >= 15 is 0 Å². The molecule has 0 spiro atoms. The molecule has 0 saturated heterocycles. The number of aryl methyl sites for hydroxylation is 1. The van der Waals surface area contributed by atoms with Crippen molar-refractivity contribution in [3.63, 3.8) is 0 Å². The van der Waals surface area contributed by atoms with Crippen molar-refractivity contribution in [3.8, 4) is 5.75 Å². The number of benzene rings is 3. The van der Waals surface area contributed by atoms with Gasteiger partial charge in [-0.2, -0.15) is 29.8 Å². The van der Waals surface area contributed by atoms with E-state index in [4.69, 9.17) is 4.74 Å². The van der Waals surface area contributed by atoms with Gasteiger partial charge in [0.15, 0.2) is 16.8 Å². The molecule has 362 valence electrons. The van der Waals surface area contributed by atoms with E-state index in [1.807, 2.05) is 68.7 Å². The van der Waals surface area contributed by atoms with Crippen LogP contribution in [0.5, 0.6) is 5.75 Å². The molecule has 3 aromatic rings. The van der Waals surface area contributed by atoms with Crippen LogP contribution in [0.25, 0.3) is 0 Å². The van der Waals surface area contributed by atoms with Crippen molar-refractivity contribution in [3.05, 3.63) is 124 Å². The Morgan fingerprint density at radius 3 is 2.10 bits per heavy atom. The first kappa shape index (κ1) is 51.6. The minimum atomic E-state index is -4.54. The second-order valence-electron chi connectivity index (χ2n) is 17.9. The standard InChI is InChI=1S/C47H56N2O14S4/c1-46(2)38-30-36(64(52)53)19-21-40(38)48(26-5-7-28-65(54,55)56)42(46)23-15-33-10-9-11-34(45(33)63-35-17-12-32(13-18-35)14-25-44(50)51)16-24-43-47(3,4)39-31-37(67(60,61)62)20-22-41(39)49(43)27-6-8-29-66(57,58)59/h12-13,15-24,30-31H,5-11,14,25-29H2,1-4H3,(H4-,50,51,52,53,54,55,56,57,58,59,60,61,62)/p+1. The van der Waals surface area contributed by atoms with Crippen LogP contribution < -0.4 is 9.64 Å². The van der Waals surface area contributed by atoms with Crippen LogP contribution in [0, 0.1) is 0 Å². The first-order valence-corrected chi connectivity index (χ1v) is 27.5. The highest BCUT2D eigenvalue weighted by atomic mass is 32.2. The molecule has 6 rings (SSSR count). The molecule has 0 bridgehead atoms. The van der Waals surface area contributed by atoms with Crippen molar-refractivity contribution in [1.82, 2.24) is 0 Å². The lowest BCUT2D eigenvalue weighted by molar-refractivity contribution is -0.438. The van der Waals surface area contributed by atoms with Gasteiger partial charge in [0.1, 0.15) is 18.1 Å². The quantitative estimate of drug-likeness (QED) is 0.0312. The third kappa shape index (κ3) is 12.7. The van der Waals surface area contributed by atoms with Crippen molar-refractivity contribution in [2.75, 3.05) is 29.5 Å². The number of rotatable bonds is 20. The Kier molecular flexibility index (Phi) is 15.7. The van der Waals surface area contributed by atoms with Gasteiger partial charge in [-0.25, -0.2) is 4.21 Å². The van der Waals surface area contributed by atoms with Crippen molar-refractivity contribution in [1.29, 1.82) is 0 Å². The normalized spacial score (nSPS) is 18.8. The van der Waals surface area contributed by atoms with Crippen LogP contribution in [0.2, 0.25) is 0 Å². The predicted octanol–water partition coefficient (Wildman–Crippen LogP) is 7.92. The van der Waals surface area contributed by atoms with Crippen molar-refractivity contribution < 1.29 is 66.9 Å². The van der Waals surface area contributed by atoms with Crippen LogP contribution >= 0.6 is 0 Å². The molecule has 16 nitrogen and oxygen atoms in total. The topological polar surface area (TPSA) is 253 Å². The van der Waals surface area contributed by atoms with Gasteiger partial charge >= 0.3 is 5.97 Å². The molecule has 1 aliphatic carbocycles. The van der Waals surface area contributed by atoms with E-state index in [9.17, 15) is 57.6 Å². The minimum Gasteiger partial charge on any atom is -0.481 e. The maximum atomic E-state index is 12.3. The van der Waals surface area contributed by atoms with Crippen molar-refractivity contribution in [2.45, 2.75) is 106 Å². The molecule has 67 heavy (non-hydrogen) atoms. The zero-order valence-corrected chi connectivity index (χ0v) is 41.0. The molecule has 1 unspecified atom stereocenters. The van der Waals surface area contributed by atoms with E-state index < -0.39 is 69.7 Å². The number of nitrogens with zero attached hydrogens (tertiary/aromatic N) is 2. The highest BCUT2D eigenvalue weighted by molar-refractivity contribution is 7.86. The number of unbranched alkanes of at least 4 members (excludes halogenated alkanes) is 2. The molecule has 2 heterocycles. The van der Waals surface area contributed by atoms with Crippen LogP contribution in [0.1, 0.15) is 95.8 Å². The molecule has 5 N–H and O–H groups in total. The third-order valence-corrected chi connectivity index (χ3v) is 15.5. The fraction of sp³-hybridized carbons (Fsp3) is 0.404. The van der Waals surface area contributed by atoms with Gasteiger partial charge in [-0.3, -0.25) is 18.5 Å². The smallest absolute Gasteiger partial charge is 0.303 e.